The molecule has 0 atom stereocenters. The first-order chi connectivity index (χ1) is 12.9. The van der Waals surface area contributed by atoms with Crippen LogP contribution in [0.1, 0.15) is 35.8 Å². The molecule has 10 nitrogen and oxygen atoms in total. The standard InChI is InChI=1S/C17H21N5O5/c1-2-27-15-11(8-18)12(19)7-13(21-15)14(23)20-9-10-3-5-22(6-4-10)16(24)17(25)26/h7,10H,2-6,9H2,1H3,(H2,19,21)(H,20,23)(H,25,26). The van der Waals surface area contributed by atoms with Gasteiger partial charge in [-0.3, -0.25) is 9.59 Å². The average molecular weight is 375 g/mol. The highest BCUT2D eigenvalue weighted by atomic mass is 16.5. The first kappa shape index (κ1) is 20.0. The Morgan fingerprint density at radius 3 is 2.67 bits per heavy atom. The molecule has 0 radical (unpaired) electrons. The normalized spacial score (nSPS) is 14.3. The van der Waals surface area contributed by atoms with Crippen molar-refractivity contribution >= 4 is 23.5 Å². The zero-order valence-electron chi connectivity index (χ0n) is 14.9. The number of carbonyl (C=O) groups is 3. The molecule has 2 heterocycles. The molecule has 2 rings (SSSR count). The van der Waals surface area contributed by atoms with E-state index in [4.69, 9.17) is 20.8 Å². The van der Waals surface area contributed by atoms with Crippen molar-refractivity contribution in [2.24, 2.45) is 5.92 Å². The summed E-state index contributed by atoms with van der Waals surface area (Å²) in [6.45, 7) is 3.04. The van der Waals surface area contributed by atoms with Crippen LogP contribution in [0.25, 0.3) is 0 Å². The lowest BCUT2D eigenvalue weighted by molar-refractivity contribution is -0.156. The quantitative estimate of drug-likeness (QED) is 0.606. The van der Waals surface area contributed by atoms with Crippen LogP contribution >= 0.6 is 0 Å². The summed E-state index contributed by atoms with van der Waals surface area (Å²) in [7, 11) is 0. The maximum atomic E-state index is 12.3. The summed E-state index contributed by atoms with van der Waals surface area (Å²) in [5.74, 6) is -2.68. The molecule has 1 saturated heterocycles. The summed E-state index contributed by atoms with van der Waals surface area (Å²) >= 11 is 0. The van der Waals surface area contributed by atoms with Gasteiger partial charge in [-0.25, -0.2) is 9.78 Å². The van der Waals surface area contributed by atoms with Gasteiger partial charge in [-0.15, -0.1) is 0 Å². The Balaban J connectivity index is 1.94. The van der Waals surface area contributed by atoms with Gasteiger partial charge in [0, 0.05) is 19.6 Å². The molecule has 1 aromatic rings. The molecule has 144 valence electrons. The highest BCUT2D eigenvalue weighted by molar-refractivity contribution is 6.31. The number of amides is 2. The Labute approximate surface area is 155 Å². The van der Waals surface area contributed by atoms with Gasteiger partial charge in [-0.05, 0) is 31.7 Å². The van der Waals surface area contributed by atoms with Crippen molar-refractivity contribution < 1.29 is 24.2 Å². The molecular weight excluding hydrogens is 354 g/mol. The number of carboxylic acids is 1. The van der Waals surface area contributed by atoms with E-state index in [-0.39, 0.29) is 35.3 Å². The molecule has 1 aliphatic heterocycles. The largest absolute Gasteiger partial charge is 0.477 e. The lowest BCUT2D eigenvalue weighted by atomic mass is 9.96. The van der Waals surface area contributed by atoms with Crippen LogP contribution in [0.2, 0.25) is 0 Å². The van der Waals surface area contributed by atoms with Gasteiger partial charge in [0.05, 0.1) is 12.3 Å². The van der Waals surface area contributed by atoms with Crippen LogP contribution in [-0.4, -0.2) is 59.0 Å². The molecule has 27 heavy (non-hydrogen) atoms. The first-order valence-corrected chi connectivity index (χ1v) is 8.51. The Hall–Kier alpha value is -3.35. The van der Waals surface area contributed by atoms with Gasteiger partial charge in [-0.1, -0.05) is 0 Å². The molecule has 1 aliphatic rings. The molecule has 0 spiro atoms. The summed E-state index contributed by atoms with van der Waals surface area (Å²) < 4.78 is 5.27. The van der Waals surface area contributed by atoms with Crippen LogP contribution in [0.5, 0.6) is 5.88 Å². The number of nitrogen functional groups attached to an aromatic ring is 1. The first-order valence-electron chi connectivity index (χ1n) is 8.51. The minimum atomic E-state index is -1.46. The lowest BCUT2D eigenvalue weighted by Crippen LogP contribution is -2.44. The molecule has 0 saturated carbocycles. The molecule has 2 amide bonds. The molecule has 4 N–H and O–H groups in total. The van der Waals surface area contributed by atoms with Gasteiger partial charge in [0.2, 0.25) is 5.88 Å². The fourth-order valence-electron chi connectivity index (χ4n) is 2.81. The number of aliphatic carboxylic acids is 1. The number of nitrogens with zero attached hydrogens (tertiary/aromatic N) is 3. The van der Waals surface area contributed by atoms with Crippen molar-refractivity contribution in [1.82, 2.24) is 15.2 Å². The second-order valence-electron chi connectivity index (χ2n) is 6.07. The number of anilines is 1. The number of piperidine rings is 1. The van der Waals surface area contributed by atoms with E-state index < -0.39 is 17.8 Å². The number of pyridine rings is 1. The second kappa shape index (κ2) is 8.84. The predicted octanol–water partition coefficient (Wildman–Crippen LogP) is -0.0128. The van der Waals surface area contributed by atoms with Crippen molar-refractivity contribution in [2.45, 2.75) is 19.8 Å². The molecule has 10 heteroatoms. The predicted molar refractivity (Wildman–Crippen MR) is 93.8 cm³/mol. The molecule has 1 aromatic heterocycles. The van der Waals surface area contributed by atoms with E-state index in [0.717, 1.165) is 0 Å². The highest BCUT2D eigenvalue weighted by Gasteiger charge is 2.27. The smallest absolute Gasteiger partial charge is 0.394 e. The number of carbonyl (C=O) groups excluding carboxylic acids is 2. The van der Waals surface area contributed by atoms with Crippen LogP contribution < -0.4 is 15.8 Å². The van der Waals surface area contributed by atoms with Crippen LogP contribution in [0.15, 0.2) is 6.07 Å². The fraction of sp³-hybridized carbons (Fsp3) is 0.471. The van der Waals surface area contributed by atoms with Gasteiger partial charge in [0.25, 0.3) is 5.91 Å². The molecule has 0 unspecified atom stereocenters. The Morgan fingerprint density at radius 2 is 2.11 bits per heavy atom. The minimum Gasteiger partial charge on any atom is -0.477 e. The van der Waals surface area contributed by atoms with Crippen LogP contribution in [0.4, 0.5) is 5.69 Å². The van der Waals surface area contributed by atoms with E-state index in [0.29, 0.717) is 32.5 Å². The number of ether oxygens (including phenoxy) is 1. The van der Waals surface area contributed by atoms with Crippen molar-refractivity contribution in [1.29, 1.82) is 5.26 Å². The molecule has 0 bridgehead atoms. The number of carboxylic acid groups (broad SMARTS) is 1. The summed E-state index contributed by atoms with van der Waals surface area (Å²) in [5, 5.41) is 20.6. The van der Waals surface area contributed by atoms with Crippen LogP contribution in [0.3, 0.4) is 0 Å². The van der Waals surface area contributed by atoms with E-state index in [9.17, 15) is 14.4 Å². The number of likely N-dealkylation sites (tertiary alicyclic amines) is 1. The number of nitrogens with two attached hydrogens (primary N) is 1. The number of aromatic nitrogens is 1. The van der Waals surface area contributed by atoms with Crippen molar-refractivity contribution in [2.75, 3.05) is 32.0 Å². The highest BCUT2D eigenvalue weighted by Crippen LogP contribution is 2.23. The van der Waals surface area contributed by atoms with Crippen molar-refractivity contribution in [3.8, 4) is 11.9 Å². The zero-order valence-corrected chi connectivity index (χ0v) is 14.9. The van der Waals surface area contributed by atoms with Crippen LogP contribution in [0, 0.1) is 17.2 Å². The molecule has 0 aliphatic carbocycles. The van der Waals surface area contributed by atoms with E-state index >= 15 is 0 Å². The third-order valence-electron chi connectivity index (χ3n) is 4.28. The maximum Gasteiger partial charge on any atom is 0.394 e. The minimum absolute atomic E-state index is 0.0191. The van der Waals surface area contributed by atoms with E-state index in [1.54, 1.807) is 6.92 Å². The monoisotopic (exact) mass is 375 g/mol. The average Bonchev–Trinajstić information content (AvgIpc) is 2.65. The van der Waals surface area contributed by atoms with Gasteiger partial charge in [-0.2, -0.15) is 5.26 Å². The number of nitriles is 1. The SMILES string of the molecule is CCOc1nc(C(=O)NCC2CCN(C(=O)C(=O)O)CC2)cc(N)c1C#N. The topological polar surface area (TPSA) is 159 Å². The molecular formula is C17H21N5O5. The third kappa shape index (κ3) is 4.84. The van der Waals surface area contributed by atoms with Gasteiger partial charge >= 0.3 is 11.9 Å². The second-order valence-corrected chi connectivity index (χ2v) is 6.07. The molecule has 0 aromatic carbocycles. The molecule has 1 fully saturated rings. The van der Waals surface area contributed by atoms with Crippen molar-refractivity contribution in [3.63, 3.8) is 0 Å². The van der Waals surface area contributed by atoms with Gasteiger partial charge < -0.3 is 25.8 Å². The Bertz CT molecular complexity index is 781. The van der Waals surface area contributed by atoms with E-state index in [1.165, 1.54) is 11.0 Å². The van der Waals surface area contributed by atoms with Crippen molar-refractivity contribution in [3.05, 3.63) is 17.3 Å². The summed E-state index contributed by atoms with van der Waals surface area (Å²) in [4.78, 5) is 39.8. The maximum absolute atomic E-state index is 12.3. The lowest BCUT2D eigenvalue weighted by Gasteiger charge is -2.30. The van der Waals surface area contributed by atoms with Gasteiger partial charge in [0.1, 0.15) is 17.3 Å². The number of hydrogen-bond acceptors (Lipinski definition) is 7. The Morgan fingerprint density at radius 1 is 1.44 bits per heavy atom. The zero-order chi connectivity index (χ0) is 20.0. The number of hydrogen-bond donors (Lipinski definition) is 3. The Kier molecular flexibility index (Phi) is 6.54. The summed E-state index contributed by atoms with van der Waals surface area (Å²) in [6.07, 6.45) is 1.18. The van der Waals surface area contributed by atoms with E-state index in [2.05, 4.69) is 10.3 Å². The van der Waals surface area contributed by atoms with Crippen LogP contribution in [-0.2, 0) is 9.59 Å². The number of rotatable bonds is 5. The van der Waals surface area contributed by atoms with E-state index in [1.807, 2.05) is 6.07 Å². The summed E-state index contributed by atoms with van der Waals surface area (Å²) in [6, 6.07) is 3.23. The van der Waals surface area contributed by atoms with Gasteiger partial charge in [0.15, 0.2) is 0 Å². The number of nitrogens with one attached hydrogen (secondary N) is 1. The fourth-order valence-corrected chi connectivity index (χ4v) is 2.81. The third-order valence-corrected chi connectivity index (χ3v) is 4.28. The summed E-state index contributed by atoms with van der Waals surface area (Å²) in [5.41, 5.74) is 6.05.